The van der Waals surface area contributed by atoms with Crippen molar-refractivity contribution in [3.8, 4) is 0 Å². The molecular formula is C17H18N6O3S. The summed E-state index contributed by atoms with van der Waals surface area (Å²) >= 11 is 1.41. The SMILES string of the molecule is Cn1ncc2c(=O)n(CC(=O)N3CCN(C(=O)c4cccs4)CC3)cnc21. The molecule has 3 aromatic rings. The van der Waals surface area contributed by atoms with Gasteiger partial charge in [-0.15, -0.1) is 11.3 Å². The minimum absolute atomic E-state index is 0.000419. The van der Waals surface area contributed by atoms with E-state index in [0.717, 1.165) is 0 Å². The second kappa shape index (κ2) is 6.95. The molecule has 0 atom stereocenters. The summed E-state index contributed by atoms with van der Waals surface area (Å²) in [6.45, 7) is 1.80. The summed E-state index contributed by atoms with van der Waals surface area (Å²) in [4.78, 5) is 45.8. The average Bonchev–Trinajstić information content (AvgIpc) is 3.34. The zero-order chi connectivity index (χ0) is 19.0. The molecule has 0 aromatic carbocycles. The molecule has 0 unspecified atom stereocenters. The lowest BCUT2D eigenvalue weighted by Gasteiger charge is -2.34. The van der Waals surface area contributed by atoms with Gasteiger partial charge in [0.2, 0.25) is 5.91 Å². The minimum Gasteiger partial charge on any atom is -0.338 e. The van der Waals surface area contributed by atoms with Crippen molar-refractivity contribution in [2.75, 3.05) is 26.2 Å². The summed E-state index contributed by atoms with van der Waals surface area (Å²) < 4.78 is 2.82. The number of rotatable bonds is 3. The fraction of sp³-hybridized carbons (Fsp3) is 0.353. The van der Waals surface area contributed by atoms with Gasteiger partial charge in [0, 0.05) is 33.2 Å². The summed E-state index contributed by atoms with van der Waals surface area (Å²) in [6.07, 6.45) is 2.83. The van der Waals surface area contributed by atoms with E-state index in [2.05, 4.69) is 10.1 Å². The summed E-state index contributed by atoms with van der Waals surface area (Å²) in [7, 11) is 1.71. The van der Waals surface area contributed by atoms with Crippen molar-refractivity contribution in [2.45, 2.75) is 6.54 Å². The third-order valence-corrected chi connectivity index (χ3v) is 5.53. The highest BCUT2D eigenvalue weighted by Gasteiger charge is 2.25. The van der Waals surface area contributed by atoms with Crippen LogP contribution in [-0.4, -0.2) is 67.1 Å². The van der Waals surface area contributed by atoms with E-state index in [4.69, 9.17) is 0 Å². The Hall–Kier alpha value is -3.01. The number of piperazine rings is 1. The predicted octanol–water partition coefficient (Wildman–Crippen LogP) is 0.176. The standard InChI is InChI=1S/C17H18N6O3S/c1-20-15-12(9-19-20)16(25)23(11-18-15)10-14(24)21-4-6-22(7-5-21)17(26)13-3-2-8-27-13/h2-3,8-9,11H,4-7,10H2,1H3. The molecule has 2 amide bonds. The summed E-state index contributed by atoms with van der Waals surface area (Å²) in [5.74, 6) is -0.162. The van der Waals surface area contributed by atoms with Crippen LogP contribution in [0.25, 0.3) is 11.0 Å². The molecule has 0 saturated carbocycles. The number of aromatic nitrogens is 4. The number of fused-ring (bicyclic) bond motifs is 1. The molecule has 27 heavy (non-hydrogen) atoms. The van der Waals surface area contributed by atoms with Gasteiger partial charge < -0.3 is 9.80 Å². The van der Waals surface area contributed by atoms with Gasteiger partial charge in [0.05, 0.1) is 11.1 Å². The van der Waals surface area contributed by atoms with Gasteiger partial charge in [0.25, 0.3) is 11.5 Å². The molecule has 0 radical (unpaired) electrons. The normalized spacial score (nSPS) is 14.7. The largest absolute Gasteiger partial charge is 0.338 e. The maximum atomic E-state index is 12.6. The highest BCUT2D eigenvalue weighted by Crippen LogP contribution is 2.14. The first-order valence-electron chi connectivity index (χ1n) is 8.52. The Bertz CT molecular complexity index is 1050. The van der Waals surface area contributed by atoms with E-state index in [0.29, 0.717) is 42.1 Å². The molecule has 1 fully saturated rings. The molecule has 0 spiro atoms. The Morgan fingerprint density at radius 2 is 1.93 bits per heavy atom. The van der Waals surface area contributed by atoms with E-state index in [9.17, 15) is 14.4 Å². The van der Waals surface area contributed by atoms with Crippen molar-refractivity contribution in [3.05, 3.63) is 45.3 Å². The van der Waals surface area contributed by atoms with Crippen LogP contribution in [0, 0.1) is 0 Å². The van der Waals surface area contributed by atoms with Crippen molar-refractivity contribution >= 4 is 34.2 Å². The summed E-state index contributed by atoms with van der Waals surface area (Å²) in [5, 5.41) is 6.28. The van der Waals surface area contributed by atoms with Gasteiger partial charge in [0.15, 0.2) is 5.65 Å². The monoisotopic (exact) mass is 386 g/mol. The fourth-order valence-corrected chi connectivity index (χ4v) is 3.83. The van der Waals surface area contributed by atoms with Crippen LogP contribution in [0.2, 0.25) is 0 Å². The van der Waals surface area contributed by atoms with E-state index in [1.165, 1.54) is 33.1 Å². The Labute approximate surface area is 158 Å². The number of aryl methyl sites for hydroxylation is 1. The Morgan fingerprint density at radius 3 is 2.63 bits per heavy atom. The van der Waals surface area contributed by atoms with Gasteiger partial charge in [0.1, 0.15) is 18.3 Å². The minimum atomic E-state index is -0.284. The summed E-state index contributed by atoms with van der Waals surface area (Å²) in [5.41, 5.74) is 0.206. The summed E-state index contributed by atoms with van der Waals surface area (Å²) in [6, 6.07) is 3.65. The van der Waals surface area contributed by atoms with E-state index in [1.54, 1.807) is 22.9 Å². The van der Waals surface area contributed by atoms with Crippen LogP contribution in [0.3, 0.4) is 0 Å². The van der Waals surface area contributed by atoms with E-state index in [-0.39, 0.29) is 23.9 Å². The molecular weight excluding hydrogens is 368 g/mol. The molecule has 3 aromatic heterocycles. The van der Waals surface area contributed by atoms with Crippen LogP contribution in [0.1, 0.15) is 9.67 Å². The van der Waals surface area contributed by atoms with Gasteiger partial charge in [-0.2, -0.15) is 5.10 Å². The average molecular weight is 386 g/mol. The van der Waals surface area contributed by atoms with Gasteiger partial charge in [-0.3, -0.25) is 23.6 Å². The fourth-order valence-electron chi connectivity index (χ4n) is 3.14. The molecule has 4 rings (SSSR count). The Balaban J connectivity index is 1.41. The number of thiophene rings is 1. The van der Waals surface area contributed by atoms with E-state index < -0.39 is 0 Å². The van der Waals surface area contributed by atoms with Crippen molar-refractivity contribution in [2.24, 2.45) is 7.05 Å². The van der Waals surface area contributed by atoms with Crippen molar-refractivity contribution in [3.63, 3.8) is 0 Å². The van der Waals surface area contributed by atoms with Gasteiger partial charge in [-0.25, -0.2) is 4.98 Å². The molecule has 0 N–H and O–H groups in total. The molecule has 9 nitrogen and oxygen atoms in total. The predicted molar refractivity (Wildman–Crippen MR) is 99.6 cm³/mol. The maximum Gasteiger partial charge on any atom is 0.264 e. The molecule has 1 saturated heterocycles. The van der Waals surface area contributed by atoms with Gasteiger partial charge in [-0.1, -0.05) is 6.07 Å². The quantitative estimate of drug-likeness (QED) is 0.640. The molecule has 4 heterocycles. The number of carbonyl (C=O) groups excluding carboxylic acids is 2. The second-order valence-electron chi connectivity index (χ2n) is 6.33. The third-order valence-electron chi connectivity index (χ3n) is 4.68. The molecule has 10 heteroatoms. The number of amides is 2. The maximum absolute atomic E-state index is 12.6. The van der Waals surface area contributed by atoms with Crippen molar-refractivity contribution in [1.29, 1.82) is 0 Å². The molecule has 1 aliphatic rings. The Morgan fingerprint density at radius 1 is 1.19 bits per heavy atom. The zero-order valence-corrected chi connectivity index (χ0v) is 15.6. The van der Waals surface area contributed by atoms with Crippen LogP contribution in [-0.2, 0) is 18.4 Å². The van der Waals surface area contributed by atoms with Crippen LogP contribution in [0.15, 0.2) is 34.8 Å². The van der Waals surface area contributed by atoms with Crippen molar-refractivity contribution < 1.29 is 9.59 Å². The first kappa shape index (κ1) is 17.4. The zero-order valence-electron chi connectivity index (χ0n) is 14.7. The highest BCUT2D eigenvalue weighted by molar-refractivity contribution is 7.12. The van der Waals surface area contributed by atoms with Gasteiger partial charge in [-0.05, 0) is 11.4 Å². The van der Waals surface area contributed by atoms with Crippen LogP contribution < -0.4 is 5.56 Å². The molecule has 140 valence electrons. The second-order valence-corrected chi connectivity index (χ2v) is 7.28. The number of hydrogen-bond acceptors (Lipinski definition) is 6. The lowest BCUT2D eigenvalue weighted by atomic mass is 10.3. The van der Waals surface area contributed by atoms with E-state index in [1.807, 2.05) is 11.4 Å². The first-order valence-corrected chi connectivity index (χ1v) is 9.40. The lowest BCUT2D eigenvalue weighted by molar-refractivity contribution is -0.133. The molecule has 0 aliphatic carbocycles. The number of carbonyl (C=O) groups is 2. The number of nitrogens with zero attached hydrogens (tertiary/aromatic N) is 6. The first-order chi connectivity index (χ1) is 13.0. The highest BCUT2D eigenvalue weighted by atomic mass is 32.1. The van der Waals surface area contributed by atoms with Gasteiger partial charge >= 0.3 is 0 Å². The third kappa shape index (κ3) is 3.23. The Kier molecular flexibility index (Phi) is 4.48. The van der Waals surface area contributed by atoms with Crippen LogP contribution in [0.5, 0.6) is 0 Å². The van der Waals surface area contributed by atoms with Crippen LogP contribution >= 0.6 is 11.3 Å². The molecule has 1 aliphatic heterocycles. The van der Waals surface area contributed by atoms with Crippen LogP contribution in [0.4, 0.5) is 0 Å². The lowest BCUT2D eigenvalue weighted by Crippen LogP contribution is -2.51. The molecule has 0 bridgehead atoms. The number of hydrogen-bond donors (Lipinski definition) is 0. The van der Waals surface area contributed by atoms with Crippen molar-refractivity contribution in [1.82, 2.24) is 29.1 Å². The van der Waals surface area contributed by atoms with E-state index >= 15 is 0 Å². The smallest absolute Gasteiger partial charge is 0.264 e. The topological polar surface area (TPSA) is 93.3 Å².